The van der Waals surface area contributed by atoms with Gasteiger partial charge in [-0.1, -0.05) is 6.92 Å². The third kappa shape index (κ3) is 4.31. The number of hydrogen-bond donors (Lipinski definition) is 2. The lowest BCUT2D eigenvalue weighted by molar-refractivity contribution is 0.178. The Morgan fingerprint density at radius 1 is 1.35 bits per heavy atom. The number of hydrogen-bond acceptors (Lipinski definition) is 6. The molecule has 6 heteroatoms. The van der Waals surface area contributed by atoms with E-state index in [2.05, 4.69) is 32.4 Å². The van der Waals surface area contributed by atoms with Crippen LogP contribution in [0, 0.1) is 0 Å². The van der Waals surface area contributed by atoms with Gasteiger partial charge in [0.05, 0.1) is 0 Å². The molecule has 1 aliphatic rings. The van der Waals surface area contributed by atoms with E-state index in [0.29, 0.717) is 12.4 Å². The summed E-state index contributed by atoms with van der Waals surface area (Å²) in [5.41, 5.74) is 0. The van der Waals surface area contributed by atoms with Crippen LogP contribution >= 0.6 is 0 Å². The van der Waals surface area contributed by atoms with Crippen molar-refractivity contribution in [2.45, 2.75) is 32.4 Å². The molecule has 0 spiro atoms. The Balaban J connectivity index is 1.88. The lowest BCUT2D eigenvalue weighted by Gasteiger charge is -2.20. The van der Waals surface area contributed by atoms with Gasteiger partial charge in [-0.2, -0.15) is 0 Å². The molecular weight excluding hydrogens is 254 g/mol. The molecule has 0 saturated heterocycles. The minimum absolute atomic E-state index is 0.424. The summed E-state index contributed by atoms with van der Waals surface area (Å²) in [7, 11) is 3.51. The standard InChI is InChI=1S/C14H25N5O/c1-4-19(11-5-6-11)8-7-16-13-9-12(15-2)17-14(18-13)10-20-3/h9,11H,4-8,10H2,1-3H3,(H2,15,16,17,18). The van der Waals surface area contributed by atoms with E-state index < -0.39 is 0 Å². The molecule has 2 rings (SSSR count). The minimum Gasteiger partial charge on any atom is -0.377 e. The van der Waals surface area contributed by atoms with Crippen molar-refractivity contribution in [3.63, 3.8) is 0 Å². The summed E-state index contributed by atoms with van der Waals surface area (Å²) in [6.07, 6.45) is 2.70. The first kappa shape index (κ1) is 15.0. The van der Waals surface area contributed by atoms with E-state index in [-0.39, 0.29) is 0 Å². The highest BCUT2D eigenvalue weighted by Crippen LogP contribution is 2.26. The van der Waals surface area contributed by atoms with Crippen molar-refractivity contribution in [2.24, 2.45) is 0 Å². The van der Waals surface area contributed by atoms with Crippen molar-refractivity contribution in [3.8, 4) is 0 Å². The molecular formula is C14H25N5O. The van der Waals surface area contributed by atoms with E-state index in [1.807, 2.05) is 13.1 Å². The Morgan fingerprint density at radius 2 is 2.10 bits per heavy atom. The van der Waals surface area contributed by atoms with E-state index >= 15 is 0 Å². The molecule has 0 radical (unpaired) electrons. The lowest BCUT2D eigenvalue weighted by Crippen LogP contribution is -2.31. The summed E-state index contributed by atoms with van der Waals surface area (Å²) in [5.74, 6) is 2.35. The SMILES string of the molecule is CCN(CCNc1cc(NC)nc(COC)n1)C1CC1. The molecule has 1 saturated carbocycles. The van der Waals surface area contributed by atoms with E-state index in [9.17, 15) is 0 Å². The van der Waals surface area contributed by atoms with Crippen LogP contribution in [0.5, 0.6) is 0 Å². The predicted octanol–water partition coefficient (Wildman–Crippen LogP) is 1.56. The van der Waals surface area contributed by atoms with Gasteiger partial charge in [-0.05, 0) is 19.4 Å². The van der Waals surface area contributed by atoms with Crippen molar-refractivity contribution < 1.29 is 4.74 Å². The Bertz CT molecular complexity index is 422. The summed E-state index contributed by atoms with van der Waals surface area (Å²) in [4.78, 5) is 11.3. The van der Waals surface area contributed by atoms with Crippen LogP contribution in [-0.2, 0) is 11.3 Å². The van der Waals surface area contributed by atoms with Crippen LogP contribution in [0.2, 0.25) is 0 Å². The summed E-state index contributed by atoms with van der Waals surface area (Å²) < 4.78 is 5.09. The molecule has 1 aromatic heterocycles. The fraction of sp³-hybridized carbons (Fsp3) is 0.714. The summed E-state index contributed by atoms with van der Waals surface area (Å²) in [6, 6.07) is 2.73. The maximum absolute atomic E-state index is 5.09. The van der Waals surface area contributed by atoms with Crippen molar-refractivity contribution >= 4 is 11.6 Å². The maximum atomic E-state index is 5.09. The molecule has 112 valence electrons. The fourth-order valence-electron chi connectivity index (χ4n) is 2.28. The highest BCUT2D eigenvalue weighted by molar-refractivity contribution is 5.47. The van der Waals surface area contributed by atoms with E-state index in [1.54, 1.807) is 7.11 Å². The topological polar surface area (TPSA) is 62.3 Å². The van der Waals surface area contributed by atoms with Crippen molar-refractivity contribution in [2.75, 3.05) is 44.4 Å². The Kier molecular flexibility index (Phi) is 5.55. The number of nitrogens with zero attached hydrogens (tertiary/aromatic N) is 3. The van der Waals surface area contributed by atoms with Crippen LogP contribution in [0.15, 0.2) is 6.07 Å². The van der Waals surface area contributed by atoms with Gasteiger partial charge in [-0.3, -0.25) is 4.90 Å². The van der Waals surface area contributed by atoms with Crippen LogP contribution in [0.4, 0.5) is 11.6 Å². The van der Waals surface area contributed by atoms with Gasteiger partial charge in [-0.15, -0.1) is 0 Å². The zero-order chi connectivity index (χ0) is 14.4. The summed E-state index contributed by atoms with van der Waals surface area (Å²) in [5, 5.41) is 6.42. The van der Waals surface area contributed by atoms with Crippen LogP contribution in [0.3, 0.4) is 0 Å². The molecule has 1 aromatic rings. The second-order valence-corrected chi connectivity index (χ2v) is 5.02. The number of methoxy groups -OCH3 is 1. The molecule has 0 atom stereocenters. The first-order valence-electron chi connectivity index (χ1n) is 7.29. The average molecular weight is 279 g/mol. The number of likely N-dealkylation sites (N-methyl/N-ethyl adjacent to an activating group) is 1. The number of anilines is 2. The molecule has 0 bridgehead atoms. The van der Waals surface area contributed by atoms with E-state index in [4.69, 9.17) is 4.74 Å². The van der Waals surface area contributed by atoms with Gasteiger partial charge in [0.1, 0.15) is 18.2 Å². The summed E-state index contributed by atoms with van der Waals surface area (Å²) in [6.45, 7) is 5.72. The normalized spacial score (nSPS) is 14.6. The Hall–Kier alpha value is -1.40. The average Bonchev–Trinajstić information content (AvgIpc) is 3.28. The highest BCUT2D eigenvalue weighted by Gasteiger charge is 2.27. The van der Waals surface area contributed by atoms with Gasteiger partial charge in [0.25, 0.3) is 0 Å². The first-order valence-corrected chi connectivity index (χ1v) is 7.29. The predicted molar refractivity (Wildman–Crippen MR) is 81.1 cm³/mol. The zero-order valence-corrected chi connectivity index (χ0v) is 12.6. The third-order valence-corrected chi connectivity index (χ3v) is 3.48. The van der Waals surface area contributed by atoms with E-state index in [1.165, 1.54) is 12.8 Å². The third-order valence-electron chi connectivity index (χ3n) is 3.48. The molecule has 0 aliphatic heterocycles. The monoisotopic (exact) mass is 279 g/mol. The lowest BCUT2D eigenvalue weighted by atomic mass is 10.4. The number of aromatic nitrogens is 2. The van der Waals surface area contributed by atoms with Crippen molar-refractivity contribution in [3.05, 3.63) is 11.9 Å². The van der Waals surface area contributed by atoms with Gasteiger partial charge in [0.15, 0.2) is 5.82 Å². The Labute approximate surface area is 120 Å². The first-order chi connectivity index (χ1) is 9.76. The molecule has 1 heterocycles. The quantitative estimate of drug-likeness (QED) is 0.715. The van der Waals surface area contributed by atoms with Gasteiger partial charge >= 0.3 is 0 Å². The van der Waals surface area contributed by atoms with Gasteiger partial charge in [0, 0.05) is 39.4 Å². The van der Waals surface area contributed by atoms with Crippen LogP contribution in [0.1, 0.15) is 25.6 Å². The van der Waals surface area contributed by atoms with Crippen LogP contribution in [0.25, 0.3) is 0 Å². The molecule has 1 aliphatic carbocycles. The maximum Gasteiger partial charge on any atom is 0.158 e. The van der Waals surface area contributed by atoms with E-state index in [0.717, 1.165) is 37.3 Å². The number of rotatable bonds is 9. The molecule has 6 nitrogen and oxygen atoms in total. The second kappa shape index (κ2) is 7.40. The van der Waals surface area contributed by atoms with Gasteiger partial charge in [0.2, 0.25) is 0 Å². The largest absolute Gasteiger partial charge is 0.377 e. The fourth-order valence-corrected chi connectivity index (χ4v) is 2.28. The van der Waals surface area contributed by atoms with Crippen molar-refractivity contribution in [1.29, 1.82) is 0 Å². The molecule has 0 amide bonds. The van der Waals surface area contributed by atoms with Crippen molar-refractivity contribution in [1.82, 2.24) is 14.9 Å². The van der Waals surface area contributed by atoms with Gasteiger partial charge in [-0.25, -0.2) is 9.97 Å². The van der Waals surface area contributed by atoms with Crippen LogP contribution < -0.4 is 10.6 Å². The molecule has 1 fully saturated rings. The Morgan fingerprint density at radius 3 is 2.70 bits per heavy atom. The zero-order valence-electron chi connectivity index (χ0n) is 12.6. The molecule has 0 unspecified atom stereocenters. The minimum atomic E-state index is 0.424. The molecule has 2 N–H and O–H groups in total. The van der Waals surface area contributed by atoms with Gasteiger partial charge < -0.3 is 15.4 Å². The highest BCUT2D eigenvalue weighted by atomic mass is 16.5. The van der Waals surface area contributed by atoms with Crippen LogP contribution in [-0.4, -0.2) is 54.7 Å². The summed E-state index contributed by atoms with van der Waals surface area (Å²) >= 11 is 0. The molecule has 20 heavy (non-hydrogen) atoms. The number of ether oxygens (including phenoxy) is 1. The second-order valence-electron chi connectivity index (χ2n) is 5.02. The smallest absolute Gasteiger partial charge is 0.158 e. The molecule has 0 aromatic carbocycles. The number of nitrogens with one attached hydrogen (secondary N) is 2.